The number of hydrogen-bond donors (Lipinski definition) is 0. The van der Waals surface area contributed by atoms with E-state index in [2.05, 4.69) is 4.98 Å². The highest BCUT2D eigenvalue weighted by molar-refractivity contribution is 6.30. The Bertz CT molecular complexity index is 1190. The monoisotopic (exact) mass is 540 g/mol. The van der Waals surface area contributed by atoms with Crippen LogP contribution in [0.1, 0.15) is 55.5 Å². The third kappa shape index (κ3) is 6.32. The summed E-state index contributed by atoms with van der Waals surface area (Å²) in [5.41, 5.74) is 2.57. The molecule has 2 heterocycles. The van der Waals surface area contributed by atoms with Gasteiger partial charge in [-0.25, -0.2) is 4.79 Å². The first kappa shape index (κ1) is 27.1. The number of pyridine rings is 1. The van der Waals surface area contributed by atoms with Gasteiger partial charge in [-0.15, -0.1) is 0 Å². The summed E-state index contributed by atoms with van der Waals surface area (Å²) in [7, 11) is 0. The van der Waals surface area contributed by atoms with Crippen LogP contribution in [0.5, 0.6) is 0 Å². The summed E-state index contributed by atoms with van der Waals surface area (Å²) in [5, 5.41) is 1.17. The molecule has 194 valence electrons. The highest BCUT2D eigenvalue weighted by Gasteiger charge is 2.48. The number of amides is 1. The summed E-state index contributed by atoms with van der Waals surface area (Å²) in [5.74, 6) is -0.676. The first-order valence-corrected chi connectivity index (χ1v) is 13.2. The molecule has 6 nitrogen and oxygen atoms in total. The molecular weight excluding hydrogens is 511 g/mol. The second-order valence-electron chi connectivity index (χ2n) is 8.95. The van der Waals surface area contributed by atoms with Gasteiger partial charge >= 0.3 is 5.97 Å². The molecule has 0 bridgehead atoms. The molecule has 3 aromatic rings. The molecule has 4 rings (SSSR count). The minimum absolute atomic E-state index is 0.226. The van der Waals surface area contributed by atoms with Gasteiger partial charge in [0.25, 0.3) is 5.91 Å². The van der Waals surface area contributed by atoms with E-state index in [1.165, 1.54) is 0 Å². The van der Waals surface area contributed by atoms with E-state index in [0.717, 1.165) is 16.7 Å². The number of aromatic nitrogens is 1. The van der Waals surface area contributed by atoms with Crippen LogP contribution < -0.4 is 0 Å². The van der Waals surface area contributed by atoms with E-state index in [9.17, 15) is 9.59 Å². The Balaban J connectivity index is 1.86. The van der Waals surface area contributed by atoms with Gasteiger partial charge in [-0.3, -0.25) is 9.78 Å². The predicted octanol–water partition coefficient (Wildman–Crippen LogP) is 6.37. The van der Waals surface area contributed by atoms with Gasteiger partial charge in [0.05, 0.1) is 12.6 Å². The van der Waals surface area contributed by atoms with Crippen molar-refractivity contribution in [2.45, 2.75) is 57.4 Å². The maximum Gasteiger partial charge on any atom is 0.328 e. The largest absolute Gasteiger partial charge is 0.464 e. The summed E-state index contributed by atoms with van der Waals surface area (Å²) >= 11 is 12.4. The average Bonchev–Trinajstić information content (AvgIpc) is 2.90. The molecule has 2 unspecified atom stereocenters. The normalized spacial score (nSPS) is 20.5. The third-order valence-corrected chi connectivity index (χ3v) is 6.97. The number of benzene rings is 2. The molecule has 1 amide bonds. The Morgan fingerprint density at radius 2 is 1.57 bits per heavy atom. The maximum absolute atomic E-state index is 14.2. The highest BCUT2D eigenvalue weighted by Crippen LogP contribution is 2.44. The summed E-state index contributed by atoms with van der Waals surface area (Å²) in [6, 6.07) is 17.1. The van der Waals surface area contributed by atoms with Crippen molar-refractivity contribution in [3.05, 3.63) is 99.8 Å². The van der Waals surface area contributed by atoms with Crippen LogP contribution in [-0.2, 0) is 25.5 Å². The van der Waals surface area contributed by atoms with Crippen LogP contribution in [0.3, 0.4) is 0 Å². The molecule has 0 saturated carbocycles. The molecule has 0 radical (unpaired) electrons. The molecule has 1 aliphatic rings. The average molecular weight is 541 g/mol. The van der Waals surface area contributed by atoms with Crippen molar-refractivity contribution in [3.63, 3.8) is 0 Å². The van der Waals surface area contributed by atoms with Gasteiger partial charge in [0.15, 0.2) is 0 Å². The maximum atomic E-state index is 14.2. The minimum Gasteiger partial charge on any atom is -0.464 e. The molecule has 1 fully saturated rings. The molecule has 2 aromatic carbocycles. The SMILES string of the molecule is CCC[C@H](C(=O)OCC)N1C(=O)[C@H](Cc2ccncc2)OC(c2ccc(Cl)cc2)C1c1ccc(Cl)cc1. The van der Waals surface area contributed by atoms with Crippen molar-refractivity contribution in [2.24, 2.45) is 0 Å². The molecule has 0 aliphatic carbocycles. The number of carbonyl (C=O) groups is 2. The van der Waals surface area contributed by atoms with Gasteiger partial charge in [-0.1, -0.05) is 60.8 Å². The first-order chi connectivity index (χ1) is 17.9. The van der Waals surface area contributed by atoms with Crippen molar-refractivity contribution < 1.29 is 19.1 Å². The van der Waals surface area contributed by atoms with Crippen LogP contribution in [-0.4, -0.2) is 40.5 Å². The molecule has 1 aliphatic heterocycles. The van der Waals surface area contributed by atoms with Crippen LogP contribution in [0.15, 0.2) is 73.1 Å². The van der Waals surface area contributed by atoms with Gasteiger partial charge in [0.2, 0.25) is 0 Å². The molecule has 1 saturated heterocycles. The molecule has 1 aromatic heterocycles. The molecular formula is C29H30Cl2N2O4. The molecule has 4 atom stereocenters. The lowest BCUT2D eigenvalue weighted by atomic mass is 9.88. The van der Waals surface area contributed by atoms with E-state index >= 15 is 0 Å². The summed E-state index contributed by atoms with van der Waals surface area (Å²) in [6.07, 6.45) is 3.51. The van der Waals surface area contributed by atoms with Crippen LogP contribution in [0.2, 0.25) is 10.0 Å². The number of morpholine rings is 1. The number of carbonyl (C=O) groups excluding carboxylic acids is 2. The number of nitrogens with zero attached hydrogens (tertiary/aromatic N) is 2. The van der Waals surface area contributed by atoms with Gasteiger partial charge in [0, 0.05) is 28.9 Å². The number of hydrogen-bond acceptors (Lipinski definition) is 5. The lowest BCUT2D eigenvalue weighted by Crippen LogP contribution is -2.57. The number of ether oxygens (including phenoxy) is 2. The standard InChI is InChI=1S/C29H30Cl2N2O4/c1-3-5-24(29(35)36-4-2)33-26(20-6-10-22(30)11-7-20)27(21-8-12-23(31)13-9-21)37-25(28(33)34)18-19-14-16-32-17-15-19/h6-17,24-27H,3-5,18H2,1-2H3/t24-,25+,26?,27?/m1/s1. The fraction of sp³-hybridized carbons (Fsp3) is 0.345. The summed E-state index contributed by atoms with van der Waals surface area (Å²) < 4.78 is 12.0. The number of esters is 1. The van der Waals surface area contributed by atoms with Crippen LogP contribution in [0.25, 0.3) is 0 Å². The number of halogens is 2. The van der Waals surface area contributed by atoms with Gasteiger partial charge in [-0.05, 0) is 66.4 Å². The number of rotatable bonds is 9. The Kier molecular flexibility index (Phi) is 9.19. The van der Waals surface area contributed by atoms with Crippen LogP contribution in [0, 0.1) is 0 Å². The zero-order chi connectivity index (χ0) is 26.4. The van der Waals surface area contributed by atoms with Crippen molar-refractivity contribution in [2.75, 3.05) is 6.61 Å². The molecule has 0 N–H and O–H groups in total. The van der Waals surface area contributed by atoms with E-state index in [0.29, 0.717) is 29.3 Å². The van der Waals surface area contributed by atoms with E-state index in [4.69, 9.17) is 32.7 Å². The quantitative estimate of drug-likeness (QED) is 0.295. The van der Waals surface area contributed by atoms with Gasteiger partial charge < -0.3 is 14.4 Å². The lowest BCUT2D eigenvalue weighted by Gasteiger charge is -2.47. The second kappa shape index (κ2) is 12.5. The van der Waals surface area contributed by atoms with Crippen molar-refractivity contribution >= 4 is 35.1 Å². The lowest BCUT2D eigenvalue weighted by molar-refractivity contribution is -0.186. The molecule has 0 spiro atoms. The molecule has 37 heavy (non-hydrogen) atoms. The van der Waals surface area contributed by atoms with Gasteiger partial charge in [-0.2, -0.15) is 0 Å². The fourth-order valence-electron chi connectivity index (χ4n) is 4.77. The highest BCUT2D eigenvalue weighted by atomic mass is 35.5. The Morgan fingerprint density at radius 1 is 0.973 bits per heavy atom. The zero-order valence-electron chi connectivity index (χ0n) is 20.8. The Morgan fingerprint density at radius 3 is 2.14 bits per heavy atom. The summed E-state index contributed by atoms with van der Waals surface area (Å²) in [6.45, 7) is 3.98. The topological polar surface area (TPSA) is 68.7 Å². The van der Waals surface area contributed by atoms with E-state index < -0.39 is 30.3 Å². The van der Waals surface area contributed by atoms with Crippen LogP contribution in [0.4, 0.5) is 0 Å². The smallest absolute Gasteiger partial charge is 0.328 e. The predicted molar refractivity (Wildman–Crippen MR) is 143 cm³/mol. The zero-order valence-corrected chi connectivity index (χ0v) is 22.4. The van der Waals surface area contributed by atoms with E-state index in [1.807, 2.05) is 43.3 Å². The van der Waals surface area contributed by atoms with Crippen molar-refractivity contribution in [3.8, 4) is 0 Å². The van der Waals surface area contributed by atoms with Gasteiger partial charge in [0.1, 0.15) is 18.2 Å². The van der Waals surface area contributed by atoms with E-state index in [1.54, 1.807) is 48.5 Å². The fourth-order valence-corrected chi connectivity index (χ4v) is 5.02. The van der Waals surface area contributed by atoms with E-state index in [-0.39, 0.29) is 12.5 Å². The summed E-state index contributed by atoms with van der Waals surface area (Å²) in [4.78, 5) is 33.2. The molecule has 8 heteroatoms. The first-order valence-electron chi connectivity index (χ1n) is 12.5. The minimum atomic E-state index is -0.805. The van der Waals surface area contributed by atoms with Crippen molar-refractivity contribution in [1.82, 2.24) is 9.88 Å². The van der Waals surface area contributed by atoms with Crippen molar-refractivity contribution in [1.29, 1.82) is 0 Å². The second-order valence-corrected chi connectivity index (χ2v) is 9.83. The third-order valence-electron chi connectivity index (χ3n) is 6.46. The van der Waals surface area contributed by atoms with Crippen LogP contribution >= 0.6 is 23.2 Å². The Hall–Kier alpha value is -2.93. The Labute approximate surface area is 227 Å².